The number of aryl methyl sites for hydroxylation is 4. The summed E-state index contributed by atoms with van der Waals surface area (Å²) in [6.07, 6.45) is 13.3. The topological polar surface area (TPSA) is 499 Å². The largest absolute Gasteiger partial charge is 0.383 e. The summed E-state index contributed by atoms with van der Waals surface area (Å²) in [6.45, 7) is 14.9. The van der Waals surface area contributed by atoms with Gasteiger partial charge >= 0.3 is 0 Å². The number of aromatic nitrogens is 20. The SMILES string of the molecule is CC[C@H](Nc1ncnc(N)c1-c1noc(C)n1)c1cc2cccc(Cl)c2c(=O)n1C1CC1.CCc1noc(-c2c(N)ncnc2N[C@@H](CC)c2cc3cccc(Cl)c3c(=O)n2C2CC2)n1.Cc1noc(-c2c(N)ncnc2N[C@@H](C)c2cc3cccc(Cl)c3c(=O)n2-c2cccc(F)c2)n1.Cc1noc(-c2c(N)ncnc2N[C@@H](C)c2cc3cccc(Cl)c3c(=O)n2C2CC2)n1. The van der Waals surface area contributed by atoms with Gasteiger partial charge in [-0.05, 0) is 167 Å². The van der Waals surface area contributed by atoms with Crippen molar-refractivity contribution < 1.29 is 22.5 Å². The van der Waals surface area contributed by atoms with Crippen LogP contribution in [0.5, 0.6) is 0 Å². The molecule has 131 heavy (non-hydrogen) atoms. The van der Waals surface area contributed by atoms with E-state index in [1.165, 1.54) is 48.1 Å². The average molecular weight is 1850 g/mol. The zero-order valence-corrected chi connectivity index (χ0v) is 74.7. The molecule has 4 atom stereocenters. The molecule has 0 saturated heterocycles. The normalized spacial score (nSPS) is 13.9. The van der Waals surface area contributed by atoms with Crippen LogP contribution in [0, 0.1) is 26.6 Å². The molecule has 0 radical (unpaired) electrons. The molecule has 0 amide bonds. The second-order valence-corrected chi connectivity index (χ2v) is 33.2. The molecule has 12 N–H and O–H groups in total. The number of nitrogens with one attached hydrogen (secondary N) is 4. The van der Waals surface area contributed by atoms with Crippen LogP contribution >= 0.6 is 46.4 Å². The van der Waals surface area contributed by atoms with E-state index in [1.807, 2.05) is 109 Å². The van der Waals surface area contributed by atoms with Gasteiger partial charge in [0.05, 0.1) is 71.5 Å². The minimum Gasteiger partial charge on any atom is -0.383 e. The second-order valence-electron chi connectivity index (χ2n) is 31.6. The molecule has 3 aliphatic carbocycles. The monoisotopic (exact) mass is 1840 g/mol. The Morgan fingerprint density at radius 1 is 0.412 bits per heavy atom. The Morgan fingerprint density at radius 3 is 1.15 bits per heavy atom. The van der Waals surface area contributed by atoms with Gasteiger partial charge in [0, 0.05) is 54.2 Å². The van der Waals surface area contributed by atoms with Gasteiger partial charge in [0.2, 0.25) is 11.7 Å². The third-order valence-electron chi connectivity index (χ3n) is 22.5. The highest BCUT2D eigenvalue weighted by atomic mass is 35.5. The molecule has 20 rings (SSSR count). The van der Waals surface area contributed by atoms with Crippen LogP contribution in [-0.4, -0.2) is 98.7 Å². The fourth-order valence-corrected chi connectivity index (χ4v) is 16.9. The summed E-state index contributed by atoms with van der Waals surface area (Å²) in [7, 11) is 0. The number of nitrogens with two attached hydrogens (primary N) is 4. The van der Waals surface area contributed by atoms with Crippen molar-refractivity contribution >= 4 is 136 Å². The summed E-state index contributed by atoms with van der Waals surface area (Å²) < 4.78 is 42.3. The lowest BCUT2D eigenvalue weighted by atomic mass is 10.0. The number of nitrogen functional groups attached to an aromatic ring is 4. The number of pyridine rings is 4. The number of halogens is 5. The molecule has 668 valence electrons. The van der Waals surface area contributed by atoms with Crippen LogP contribution in [0.2, 0.25) is 20.1 Å². The van der Waals surface area contributed by atoms with E-state index in [0.717, 1.165) is 71.8 Å². The highest BCUT2D eigenvalue weighted by Gasteiger charge is 2.36. The Kier molecular flexibility index (Phi) is 25.1. The lowest BCUT2D eigenvalue weighted by Crippen LogP contribution is -2.27. The lowest BCUT2D eigenvalue weighted by molar-refractivity contribution is 0.394. The van der Waals surface area contributed by atoms with Crippen LogP contribution in [-0.2, 0) is 6.42 Å². The highest BCUT2D eigenvalue weighted by Crippen LogP contribution is 2.45. The van der Waals surface area contributed by atoms with Crippen LogP contribution < -0.4 is 66.4 Å². The maximum Gasteiger partial charge on any atom is 0.265 e. The zero-order valence-electron chi connectivity index (χ0n) is 71.7. The van der Waals surface area contributed by atoms with Gasteiger partial charge in [-0.15, -0.1) is 0 Å². The molecule has 0 bridgehead atoms. The van der Waals surface area contributed by atoms with E-state index in [1.54, 1.807) is 63.2 Å². The molecule has 3 saturated carbocycles. The molecule has 0 unspecified atom stereocenters. The average Bonchev–Trinajstić information content (AvgIpc) is 1.75. The number of hydrogen-bond acceptors (Lipinski definition) is 32. The van der Waals surface area contributed by atoms with Crippen molar-refractivity contribution in [3.63, 3.8) is 0 Å². The minimum absolute atomic E-state index is 0.0669. The molecule has 12 heterocycles. The Morgan fingerprint density at radius 2 is 0.771 bits per heavy atom. The Hall–Kier alpha value is -14.7. The third kappa shape index (κ3) is 18.1. The van der Waals surface area contributed by atoms with Crippen LogP contribution in [0.25, 0.3) is 94.5 Å². The maximum atomic E-state index is 14.1. The molecule has 3 aliphatic rings. The lowest BCUT2D eigenvalue weighted by Gasteiger charge is -2.24. The van der Waals surface area contributed by atoms with Gasteiger partial charge in [-0.3, -0.25) is 23.7 Å². The van der Waals surface area contributed by atoms with Crippen molar-refractivity contribution in [3.05, 3.63) is 260 Å². The van der Waals surface area contributed by atoms with Crippen molar-refractivity contribution in [3.8, 4) is 51.4 Å². The first-order valence-corrected chi connectivity index (χ1v) is 43.6. The summed E-state index contributed by atoms with van der Waals surface area (Å²) >= 11 is 25.5. The predicted molar refractivity (Wildman–Crippen MR) is 499 cm³/mol. The first kappa shape index (κ1) is 88.3. The van der Waals surface area contributed by atoms with Crippen molar-refractivity contribution in [2.24, 2.45) is 0 Å². The fourth-order valence-electron chi connectivity index (χ4n) is 15.8. The maximum absolute atomic E-state index is 14.1. The number of rotatable bonds is 23. The van der Waals surface area contributed by atoms with Crippen LogP contribution in [0.4, 0.5) is 50.9 Å². The summed E-state index contributed by atoms with van der Waals surface area (Å²) in [6, 6.07) is 34.7. The van der Waals surface area contributed by atoms with Gasteiger partial charge in [-0.2, -0.15) is 19.9 Å². The van der Waals surface area contributed by atoms with Gasteiger partial charge in [0.15, 0.2) is 17.5 Å². The van der Waals surface area contributed by atoms with E-state index in [2.05, 4.69) is 102 Å². The van der Waals surface area contributed by atoms with Gasteiger partial charge in [-0.25, -0.2) is 44.3 Å². The van der Waals surface area contributed by atoms with Gasteiger partial charge in [0.1, 0.15) is 99.9 Å². The van der Waals surface area contributed by atoms with E-state index in [9.17, 15) is 23.6 Å². The molecule has 41 heteroatoms. The molecular formula is C90H85Cl4FN28O8. The predicted octanol–water partition coefficient (Wildman–Crippen LogP) is 17.4. The second kappa shape index (κ2) is 37.2. The fraction of sp³-hybridized carbons (Fsp3) is 0.267. The van der Waals surface area contributed by atoms with E-state index >= 15 is 0 Å². The van der Waals surface area contributed by atoms with Crippen molar-refractivity contribution in [2.75, 3.05) is 44.2 Å². The Bertz CT molecular complexity index is 7510. The van der Waals surface area contributed by atoms with E-state index in [4.69, 9.17) is 87.4 Å². The molecule has 0 aliphatic heterocycles. The zero-order chi connectivity index (χ0) is 91.9. The summed E-state index contributed by atoms with van der Waals surface area (Å²) in [5, 5.41) is 35.9. The smallest absolute Gasteiger partial charge is 0.265 e. The minimum atomic E-state index is -0.508. The summed E-state index contributed by atoms with van der Waals surface area (Å²) in [4.78, 5) is 105. The number of nitrogens with zero attached hydrogens (tertiary/aromatic N) is 20. The molecular weight excluding hydrogens is 1760 g/mol. The first-order chi connectivity index (χ1) is 63.3. The van der Waals surface area contributed by atoms with Gasteiger partial charge < -0.3 is 76.0 Å². The van der Waals surface area contributed by atoms with Gasteiger partial charge in [-0.1, -0.05) is 142 Å². The number of anilines is 8. The standard InChI is InChI=1S/C24H19ClFN7O2.C23H24ClN7O2.C22H22ClN7O2.C21H20ClN7O2/c1-12(30-22-20(21(27)28-11-29-22)23-31-13(2)32-35-23)18-9-14-5-3-8-17(25)19(14)24(34)33(18)16-7-4-6-15(26)10-16;1-3-15(28-21-19(20(25)26-11-27-21)22-29-17(4-2)30-33-22)16-10-12-6-5-7-14(24)18(12)23(32)31(16)13-8-9-13;1-3-15(28-20-18(19(24)25-10-26-20)21-27-11(2)32-29-21)16-9-12-5-4-6-14(23)17(12)22(31)30(16)13-7-8-13;1-10(26-19-17(18(23)24-9-25-19)20-27-11(2)28-31-20)15-8-12-4-3-5-14(22)16(12)21(30)29(15)13-6-7-13/h3-12H,1-2H3,(H3,27,28,29,30);5-7,10-11,13,15H,3-4,8-9H2,1-2H3,(H3,25,26,27,28);4-6,9-10,13,15H,3,7-8H2,1-2H3,(H3,24,25,26,28);3-5,8-10,13H,6-7H2,1-2H3,(H3,23,24,25,26)/t12-;2*15-;10-/m0000/s1. The molecule has 0 spiro atoms. The Labute approximate surface area is 763 Å². The van der Waals surface area contributed by atoms with Crippen LogP contribution in [0.1, 0.15) is 174 Å². The number of benzene rings is 5. The van der Waals surface area contributed by atoms with Crippen molar-refractivity contribution in [2.45, 2.75) is 155 Å². The van der Waals surface area contributed by atoms with E-state index < -0.39 is 11.9 Å². The third-order valence-corrected chi connectivity index (χ3v) is 23.8. The summed E-state index contributed by atoms with van der Waals surface area (Å²) in [5.74, 6) is 4.93. The Balaban J connectivity index is 0.000000122. The van der Waals surface area contributed by atoms with Crippen LogP contribution in [0.15, 0.2) is 184 Å². The number of fused-ring (bicyclic) bond motifs is 4. The molecule has 17 aromatic rings. The van der Waals surface area contributed by atoms with E-state index in [0.29, 0.717) is 152 Å². The number of hydrogen-bond donors (Lipinski definition) is 8. The van der Waals surface area contributed by atoms with Gasteiger partial charge in [0.25, 0.3) is 39.9 Å². The molecule has 3 fully saturated rings. The van der Waals surface area contributed by atoms with Crippen LogP contribution in [0.3, 0.4) is 0 Å². The molecule has 36 nitrogen and oxygen atoms in total. The molecule has 12 aromatic heterocycles. The first-order valence-electron chi connectivity index (χ1n) is 42.1. The van der Waals surface area contributed by atoms with E-state index in [-0.39, 0.29) is 99.4 Å². The quantitative estimate of drug-likeness (QED) is 0.0295. The van der Waals surface area contributed by atoms with Crippen molar-refractivity contribution in [1.82, 2.24) is 98.7 Å². The molecule has 5 aromatic carbocycles. The highest BCUT2D eigenvalue weighted by molar-refractivity contribution is 6.36. The summed E-state index contributed by atoms with van der Waals surface area (Å²) in [5.41, 5.74) is 29.1. The van der Waals surface area contributed by atoms with Crippen molar-refractivity contribution in [1.29, 1.82) is 0 Å².